The Kier molecular flexibility index (Phi) is 10.2. The number of ether oxygens (including phenoxy) is 1. The minimum atomic E-state index is -0.108. The lowest BCUT2D eigenvalue weighted by molar-refractivity contribution is 0.490. The number of hydrogen-bond acceptors (Lipinski definition) is 3. The fraction of sp³-hybridized carbons (Fsp3) is 0.0423. The SMILES string of the molecule is CC1(C)c2ccccc2-c2cc(N(c3ccc(-c4ccccc4)cc3)c3cc(-c4ccc5cccc6c5c4Oc4c(-c5ccc(N(c7ccccc7)c7ccccc7)cc5)cccc4-6)cc4ccccc34)ccc21. The van der Waals surface area contributed by atoms with Gasteiger partial charge in [-0.1, -0.05) is 202 Å². The molecule has 1 aliphatic carbocycles. The van der Waals surface area contributed by atoms with Gasteiger partial charge in [0.15, 0.2) is 0 Å². The maximum absolute atomic E-state index is 7.45. The number of anilines is 6. The molecule has 0 atom stereocenters. The first kappa shape index (κ1) is 43.4. The summed E-state index contributed by atoms with van der Waals surface area (Å²) in [6, 6.07) is 96.9. The molecule has 74 heavy (non-hydrogen) atoms. The Balaban J connectivity index is 0.923. The molecule has 0 aromatic heterocycles. The maximum Gasteiger partial charge on any atom is 0.143 e. The van der Waals surface area contributed by atoms with Crippen molar-refractivity contribution in [3.8, 4) is 67.1 Å². The number of hydrogen-bond donors (Lipinski definition) is 0. The molecule has 0 saturated carbocycles. The summed E-state index contributed by atoms with van der Waals surface area (Å²) >= 11 is 0. The van der Waals surface area contributed by atoms with Gasteiger partial charge in [-0.05, 0) is 140 Å². The van der Waals surface area contributed by atoms with Crippen molar-refractivity contribution in [1.82, 2.24) is 0 Å². The zero-order valence-electron chi connectivity index (χ0n) is 41.2. The van der Waals surface area contributed by atoms with Gasteiger partial charge in [-0.15, -0.1) is 0 Å². The molecule has 12 aromatic rings. The van der Waals surface area contributed by atoms with Crippen LogP contribution in [0.15, 0.2) is 267 Å². The molecule has 14 rings (SSSR count). The van der Waals surface area contributed by atoms with Crippen molar-refractivity contribution in [2.24, 2.45) is 0 Å². The third kappa shape index (κ3) is 7.11. The summed E-state index contributed by atoms with van der Waals surface area (Å²) in [6.45, 7) is 4.70. The first-order valence-corrected chi connectivity index (χ1v) is 25.6. The van der Waals surface area contributed by atoms with Gasteiger partial charge >= 0.3 is 0 Å². The average Bonchev–Trinajstić information content (AvgIpc) is 3.70. The van der Waals surface area contributed by atoms with E-state index in [4.69, 9.17) is 4.74 Å². The monoisotopic (exact) mass is 946 g/mol. The largest absolute Gasteiger partial charge is 0.455 e. The van der Waals surface area contributed by atoms with Crippen molar-refractivity contribution in [3.05, 3.63) is 278 Å². The van der Waals surface area contributed by atoms with Crippen LogP contribution in [-0.2, 0) is 5.41 Å². The third-order valence-corrected chi connectivity index (χ3v) is 15.4. The van der Waals surface area contributed by atoms with Crippen LogP contribution in [-0.4, -0.2) is 0 Å². The summed E-state index contributed by atoms with van der Waals surface area (Å²) in [5.74, 6) is 1.73. The van der Waals surface area contributed by atoms with Gasteiger partial charge < -0.3 is 14.5 Å². The predicted octanol–water partition coefficient (Wildman–Crippen LogP) is 20.0. The van der Waals surface area contributed by atoms with Crippen LogP contribution in [0.5, 0.6) is 11.5 Å². The standard InChI is InChI=1S/C71H50N2O/c1-71(2)65-31-15-14-27-61(65)64-46-57(41-43-66(64)71)73(56-37-32-48(33-38-56)47-18-6-3-7-19-47)67-45-52(44-51-20-12-13-26-58(51)67)60-42-36-50-21-16-29-62-63-30-17-28-59(69(63)74-70(60)68(50)62)49-34-39-55(40-35-49)72(53-22-8-4-9-23-53)54-24-10-5-11-25-54/h3-46H,1-2H3. The van der Waals surface area contributed by atoms with E-state index < -0.39 is 0 Å². The summed E-state index contributed by atoms with van der Waals surface area (Å²) in [4.78, 5) is 4.76. The first-order chi connectivity index (χ1) is 36.5. The first-order valence-electron chi connectivity index (χ1n) is 25.6. The quantitative estimate of drug-likeness (QED) is 0.143. The van der Waals surface area contributed by atoms with Crippen LogP contribution in [0.1, 0.15) is 25.0 Å². The maximum atomic E-state index is 7.45. The molecule has 0 N–H and O–H groups in total. The molecule has 0 saturated heterocycles. The third-order valence-electron chi connectivity index (χ3n) is 15.4. The number of fused-ring (bicyclic) bond motifs is 6. The molecular weight excluding hydrogens is 897 g/mol. The Morgan fingerprint density at radius 1 is 0.297 bits per heavy atom. The Labute approximate surface area is 432 Å². The van der Waals surface area contributed by atoms with Crippen LogP contribution >= 0.6 is 0 Å². The zero-order valence-corrected chi connectivity index (χ0v) is 41.2. The van der Waals surface area contributed by atoms with Crippen LogP contribution in [0.3, 0.4) is 0 Å². The number of para-hydroxylation sites is 3. The Morgan fingerprint density at radius 3 is 1.58 bits per heavy atom. The molecule has 350 valence electrons. The van der Waals surface area contributed by atoms with E-state index in [2.05, 4.69) is 291 Å². The fourth-order valence-electron chi connectivity index (χ4n) is 11.8. The highest BCUT2D eigenvalue weighted by Crippen LogP contribution is 2.55. The summed E-state index contributed by atoms with van der Waals surface area (Å²) in [5, 5.41) is 4.58. The van der Waals surface area contributed by atoms with E-state index in [1.54, 1.807) is 0 Å². The molecule has 1 heterocycles. The Bertz CT molecular complexity index is 4070. The molecule has 3 nitrogen and oxygen atoms in total. The van der Waals surface area contributed by atoms with Crippen LogP contribution in [0.4, 0.5) is 34.1 Å². The highest BCUT2D eigenvalue weighted by Gasteiger charge is 2.36. The second kappa shape index (κ2) is 17.4. The summed E-state index contributed by atoms with van der Waals surface area (Å²) in [6.07, 6.45) is 0. The van der Waals surface area contributed by atoms with Gasteiger partial charge in [0.2, 0.25) is 0 Å². The molecule has 1 aliphatic heterocycles. The second-order valence-electron chi connectivity index (χ2n) is 20.0. The molecule has 0 radical (unpaired) electrons. The van der Waals surface area contributed by atoms with Gasteiger partial charge in [0.25, 0.3) is 0 Å². The number of nitrogens with zero attached hydrogens (tertiary/aromatic N) is 2. The van der Waals surface area contributed by atoms with E-state index in [1.165, 1.54) is 38.9 Å². The molecule has 12 aromatic carbocycles. The lowest BCUT2D eigenvalue weighted by Gasteiger charge is -2.30. The summed E-state index contributed by atoms with van der Waals surface area (Å²) in [7, 11) is 0. The molecule has 2 aliphatic rings. The second-order valence-corrected chi connectivity index (χ2v) is 20.0. The van der Waals surface area contributed by atoms with Crippen molar-refractivity contribution in [1.29, 1.82) is 0 Å². The predicted molar refractivity (Wildman–Crippen MR) is 310 cm³/mol. The van der Waals surface area contributed by atoms with Crippen molar-refractivity contribution >= 4 is 55.7 Å². The van der Waals surface area contributed by atoms with Crippen molar-refractivity contribution < 1.29 is 4.74 Å². The van der Waals surface area contributed by atoms with Gasteiger partial charge in [0.05, 0.1) is 5.69 Å². The van der Waals surface area contributed by atoms with Crippen LogP contribution < -0.4 is 14.5 Å². The van der Waals surface area contributed by atoms with Crippen molar-refractivity contribution in [2.45, 2.75) is 19.3 Å². The molecular formula is C71H50N2O. The topological polar surface area (TPSA) is 15.7 Å². The smallest absolute Gasteiger partial charge is 0.143 e. The van der Waals surface area contributed by atoms with E-state index in [0.717, 1.165) is 95.0 Å². The number of rotatable bonds is 9. The average molecular weight is 947 g/mol. The molecule has 0 spiro atoms. The van der Waals surface area contributed by atoms with Gasteiger partial charge in [-0.2, -0.15) is 0 Å². The molecule has 0 fully saturated rings. The van der Waals surface area contributed by atoms with E-state index in [-0.39, 0.29) is 5.41 Å². The minimum Gasteiger partial charge on any atom is -0.455 e. The Hall–Kier alpha value is -9.44. The van der Waals surface area contributed by atoms with Gasteiger partial charge in [0.1, 0.15) is 11.5 Å². The van der Waals surface area contributed by atoms with E-state index in [0.29, 0.717) is 0 Å². The van der Waals surface area contributed by atoms with E-state index >= 15 is 0 Å². The molecule has 0 bridgehead atoms. The fourth-order valence-corrected chi connectivity index (χ4v) is 11.8. The lowest BCUT2D eigenvalue weighted by Crippen LogP contribution is -2.15. The number of benzene rings is 12. The van der Waals surface area contributed by atoms with Crippen LogP contribution in [0, 0.1) is 0 Å². The van der Waals surface area contributed by atoms with Gasteiger partial charge in [-0.25, -0.2) is 0 Å². The van der Waals surface area contributed by atoms with Crippen LogP contribution in [0.2, 0.25) is 0 Å². The molecule has 3 heteroatoms. The van der Waals surface area contributed by atoms with Gasteiger partial charge in [-0.3, -0.25) is 0 Å². The molecule has 0 amide bonds. The highest BCUT2D eigenvalue weighted by molar-refractivity contribution is 6.10. The van der Waals surface area contributed by atoms with Crippen molar-refractivity contribution in [3.63, 3.8) is 0 Å². The normalized spacial score (nSPS) is 12.7. The van der Waals surface area contributed by atoms with Crippen LogP contribution in [0.25, 0.3) is 77.2 Å². The van der Waals surface area contributed by atoms with Gasteiger partial charge in [0, 0.05) is 61.3 Å². The summed E-state index contributed by atoms with van der Waals surface area (Å²) in [5.41, 5.74) is 20.6. The zero-order chi connectivity index (χ0) is 49.3. The molecule has 0 unspecified atom stereocenters. The summed E-state index contributed by atoms with van der Waals surface area (Å²) < 4.78 is 7.45. The lowest BCUT2D eigenvalue weighted by atomic mass is 9.82. The Morgan fingerprint density at radius 2 is 0.824 bits per heavy atom. The minimum absolute atomic E-state index is 0.108. The van der Waals surface area contributed by atoms with E-state index in [9.17, 15) is 0 Å². The van der Waals surface area contributed by atoms with E-state index in [1.807, 2.05) is 0 Å². The highest BCUT2D eigenvalue weighted by atomic mass is 16.5. The van der Waals surface area contributed by atoms with Crippen molar-refractivity contribution in [2.75, 3.05) is 9.80 Å².